The predicted molar refractivity (Wildman–Crippen MR) is 62.7 cm³/mol. The van der Waals surface area contributed by atoms with Crippen LogP contribution >= 0.6 is 0 Å². The normalized spacial score (nSPS) is 12.6. The van der Waals surface area contributed by atoms with Crippen molar-refractivity contribution in [3.63, 3.8) is 0 Å². The van der Waals surface area contributed by atoms with Crippen molar-refractivity contribution in [1.29, 1.82) is 0 Å². The Kier molecular flexibility index (Phi) is 3.49. The van der Waals surface area contributed by atoms with E-state index in [9.17, 15) is 4.39 Å². The maximum absolute atomic E-state index is 13.1. The molecule has 4 nitrogen and oxygen atoms in total. The minimum atomic E-state index is -0.213. The second-order valence-corrected chi connectivity index (χ2v) is 3.96. The second kappa shape index (κ2) is 5.05. The first-order chi connectivity index (χ1) is 8.16. The molecule has 0 fully saturated rings. The molecule has 0 unspecified atom stereocenters. The monoisotopic (exact) mass is 234 g/mol. The molecule has 2 rings (SSSR count). The van der Waals surface area contributed by atoms with Crippen molar-refractivity contribution in [3.05, 3.63) is 47.8 Å². The van der Waals surface area contributed by atoms with Crippen LogP contribution < -0.4 is 5.32 Å². The number of halogens is 1. The first kappa shape index (κ1) is 11.7. The van der Waals surface area contributed by atoms with Crippen molar-refractivity contribution in [1.82, 2.24) is 20.1 Å². The SMILES string of the molecule is C[C@@H](NCc1ncnn1C)c1cccc(F)c1. The van der Waals surface area contributed by atoms with Crippen LogP contribution in [0.1, 0.15) is 24.4 Å². The zero-order chi connectivity index (χ0) is 12.3. The number of aromatic nitrogens is 3. The average molecular weight is 234 g/mol. The molecule has 1 atom stereocenters. The molecule has 1 N–H and O–H groups in total. The minimum absolute atomic E-state index is 0.0717. The largest absolute Gasteiger partial charge is 0.303 e. The predicted octanol–water partition coefficient (Wildman–Crippen LogP) is 1.80. The first-order valence-electron chi connectivity index (χ1n) is 5.48. The third-order valence-corrected chi connectivity index (χ3v) is 2.72. The van der Waals surface area contributed by atoms with Crippen molar-refractivity contribution in [2.45, 2.75) is 19.5 Å². The van der Waals surface area contributed by atoms with E-state index in [0.717, 1.165) is 11.4 Å². The van der Waals surface area contributed by atoms with Crippen LogP contribution in [0.3, 0.4) is 0 Å². The molecule has 0 aliphatic heterocycles. The summed E-state index contributed by atoms with van der Waals surface area (Å²) in [4.78, 5) is 4.11. The molecule has 0 spiro atoms. The maximum atomic E-state index is 13.1. The summed E-state index contributed by atoms with van der Waals surface area (Å²) in [5.74, 6) is 0.642. The van der Waals surface area contributed by atoms with Crippen LogP contribution in [-0.4, -0.2) is 14.8 Å². The van der Waals surface area contributed by atoms with Crippen LogP contribution in [0.4, 0.5) is 4.39 Å². The number of aryl methyl sites for hydroxylation is 1. The van der Waals surface area contributed by atoms with Gasteiger partial charge in [-0.2, -0.15) is 5.10 Å². The summed E-state index contributed by atoms with van der Waals surface area (Å²) in [5, 5.41) is 7.27. The van der Waals surface area contributed by atoms with E-state index in [-0.39, 0.29) is 11.9 Å². The van der Waals surface area contributed by atoms with Crippen LogP contribution in [0.5, 0.6) is 0 Å². The lowest BCUT2D eigenvalue weighted by atomic mass is 10.1. The number of hydrogen-bond donors (Lipinski definition) is 1. The van der Waals surface area contributed by atoms with Gasteiger partial charge in [0, 0.05) is 13.1 Å². The van der Waals surface area contributed by atoms with Gasteiger partial charge in [0.05, 0.1) is 6.54 Å². The lowest BCUT2D eigenvalue weighted by Crippen LogP contribution is -2.20. The molecule has 1 aromatic heterocycles. The van der Waals surface area contributed by atoms with Gasteiger partial charge >= 0.3 is 0 Å². The van der Waals surface area contributed by atoms with Crippen LogP contribution in [0.2, 0.25) is 0 Å². The third-order valence-electron chi connectivity index (χ3n) is 2.72. The van der Waals surface area contributed by atoms with Crippen molar-refractivity contribution in [2.75, 3.05) is 0 Å². The number of rotatable bonds is 4. The van der Waals surface area contributed by atoms with Gasteiger partial charge in [-0.25, -0.2) is 9.37 Å². The summed E-state index contributed by atoms with van der Waals surface area (Å²) in [5.41, 5.74) is 0.923. The highest BCUT2D eigenvalue weighted by atomic mass is 19.1. The Morgan fingerprint density at radius 3 is 2.94 bits per heavy atom. The van der Waals surface area contributed by atoms with E-state index in [1.165, 1.54) is 18.5 Å². The van der Waals surface area contributed by atoms with E-state index in [4.69, 9.17) is 0 Å². The van der Waals surface area contributed by atoms with Crippen LogP contribution in [0, 0.1) is 5.82 Å². The molecule has 1 aromatic carbocycles. The molecule has 17 heavy (non-hydrogen) atoms. The Hall–Kier alpha value is -1.75. The number of benzene rings is 1. The molecule has 0 bridgehead atoms. The maximum Gasteiger partial charge on any atom is 0.140 e. The number of hydrogen-bond acceptors (Lipinski definition) is 3. The summed E-state index contributed by atoms with van der Waals surface area (Å²) in [6.07, 6.45) is 1.52. The second-order valence-electron chi connectivity index (χ2n) is 3.96. The Balaban J connectivity index is 1.98. The lowest BCUT2D eigenvalue weighted by Gasteiger charge is -2.13. The Bertz CT molecular complexity index is 495. The zero-order valence-electron chi connectivity index (χ0n) is 9.89. The topological polar surface area (TPSA) is 42.7 Å². The molecule has 0 saturated carbocycles. The summed E-state index contributed by atoms with van der Waals surface area (Å²) < 4.78 is 14.8. The van der Waals surface area contributed by atoms with E-state index in [2.05, 4.69) is 15.4 Å². The highest BCUT2D eigenvalue weighted by Gasteiger charge is 2.07. The summed E-state index contributed by atoms with van der Waals surface area (Å²) in [7, 11) is 1.84. The van der Waals surface area contributed by atoms with E-state index in [1.807, 2.05) is 20.0 Å². The van der Waals surface area contributed by atoms with Crippen LogP contribution in [0.15, 0.2) is 30.6 Å². The molecule has 0 amide bonds. The third kappa shape index (κ3) is 2.88. The Morgan fingerprint density at radius 1 is 1.47 bits per heavy atom. The van der Waals surface area contributed by atoms with E-state index in [1.54, 1.807) is 10.7 Å². The smallest absolute Gasteiger partial charge is 0.140 e. The number of nitrogens with one attached hydrogen (secondary N) is 1. The quantitative estimate of drug-likeness (QED) is 0.877. The molecule has 0 aliphatic carbocycles. The summed E-state index contributed by atoms with van der Waals surface area (Å²) in [6.45, 7) is 2.60. The van der Waals surface area contributed by atoms with E-state index < -0.39 is 0 Å². The average Bonchev–Trinajstić information content (AvgIpc) is 2.72. The fourth-order valence-electron chi connectivity index (χ4n) is 1.62. The molecule has 0 saturated heterocycles. The molecular weight excluding hydrogens is 219 g/mol. The zero-order valence-corrected chi connectivity index (χ0v) is 9.89. The molecular formula is C12H15FN4. The van der Waals surface area contributed by atoms with Gasteiger partial charge < -0.3 is 5.32 Å². The molecule has 0 aliphatic rings. The van der Waals surface area contributed by atoms with Crippen molar-refractivity contribution >= 4 is 0 Å². The van der Waals surface area contributed by atoms with Gasteiger partial charge in [-0.05, 0) is 24.6 Å². The number of nitrogens with zero attached hydrogens (tertiary/aromatic N) is 3. The van der Waals surface area contributed by atoms with E-state index in [0.29, 0.717) is 6.54 Å². The highest BCUT2D eigenvalue weighted by Crippen LogP contribution is 2.13. The Labute approximate surface area is 99.5 Å². The molecule has 0 radical (unpaired) electrons. The van der Waals surface area contributed by atoms with Gasteiger partial charge in [0.1, 0.15) is 18.0 Å². The van der Waals surface area contributed by atoms with Gasteiger partial charge in [-0.15, -0.1) is 0 Å². The van der Waals surface area contributed by atoms with E-state index >= 15 is 0 Å². The first-order valence-corrected chi connectivity index (χ1v) is 5.48. The van der Waals surface area contributed by atoms with Gasteiger partial charge in [0.25, 0.3) is 0 Å². The lowest BCUT2D eigenvalue weighted by molar-refractivity contribution is 0.535. The van der Waals surface area contributed by atoms with Gasteiger partial charge in [-0.3, -0.25) is 4.68 Å². The Morgan fingerprint density at radius 2 is 2.29 bits per heavy atom. The van der Waals surface area contributed by atoms with Gasteiger partial charge in [-0.1, -0.05) is 12.1 Å². The summed E-state index contributed by atoms with van der Waals surface area (Å²) in [6, 6.07) is 6.66. The van der Waals surface area contributed by atoms with Crippen LogP contribution in [0.25, 0.3) is 0 Å². The summed E-state index contributed by atoms with van der Waals surface area (Å²) >= 11 is 0. The molecule has 90 valence electrons. The van der Waals surface area contributed by atoms with Crippen molar-refractivity contribution in [2.24, 2.45) is 7.05 Å². The minimum Gasteiger partial charge on any atom is -0.303 e. The van der Waals surface area contributed by atoms with Crippen LogP contribution in [-0.2, 0) is 13.6 Å². The van der Waals surface area contributed by atoms with Crippen molar-refractivity contribution < 1.29 is 4.39 Å². The fraction of sp³-hybridized carbons (Fsp3) is 0.333. The van der Waals surface area contributed by atoms with Crippen molar-refractivity contribution in [3.8, 4) is 0 Å². The van der Waals surface area contributed by atoms with Gasteiger partial charge in [0.15, 0.2) is 0 Å². The van der Waals surface area contributed by atoms with Gasteiger partial charge in [0.2, 0.25) is 0 Å². The fourth-order valence-corrected chi connectivity index (χ4v) is 1.62. The molecule has 5 heteroatoms. The standard InChI is InChI=1S/C12H15FN4/c1-9(10-4-3-5-11(13)6-10)14-7-12-15-8-16-17(12)2/h3-6,8-9,14H,7H2,1-2H3/t9-/m1/s1. The highest BCUT2D eigenvalue weighted by molar-refractivity contribution is 5.19. The molecule has 2 aromatic rings. The molecule has 1 heterocycles.